The first-order chi connectivity index (χ1) is 17.2. The Morgan fingerprint density at radius 3 is 2.00 bits per heavy atom. The molecule has 1 unspecified atom stereocenters. The highest BCUT2D eigenvalue weighted by Gasteiger charge is 2.29. The largest absolute Gasteiger partial charge is 0.457 e. The molecule has 3 aromatic carbocycles. The van der Waals surface area contributed by atoms with E-state index in [1.165, 1.54) is 4.90 Å². The Morgan fingerprint density at radius 1 is 0.889 bits per heavy atom. The van der Waals surface area contributed by atoms with E-state index in [-0.39, 0.29) is 12.5 Å². The van der Waals surface area contributed by atoms with Crippen molar-refractivity contribution in [2.45, 2.75) is 26.4 Å². The number of sulfonamides is 1. The SMILES string of the molecule is CCNC(=O)C(C)N(Cc1ccccc1)C(=O)CN(c1ccc(Oc2ccccc2)cc1)S(C)(=O)=O. The van der Waals surface area contributed by atoms with Gasteiger partial charge in [-0.05, 0) is 55.8 Å². The summed E-state index contributed by atoms with van der Waals surface area (Å²) in [4.78, 5) is 27.4. The molecule has 8 nitrogen and oxygen atoms in total. The number of carbonyl (C=O) groups is 2. The molecule has 0 saturated heterocycles. The van der Waals surface area contributed by atoms with Crippen LogP contribution in [0.3, 0.4) is 0 Å². The van der Waals surface area contributed by atoms with E-state index in [1.807, 2.05) is 60.7 Å². The molecule has 2 amide bonds. The molecular weight excluding hydrogens is 478 g/mol. The summed E-state index contributed by atoms with van der Waals surface area (Å²) in [6.07, 6.45) is 1.05. The molecule has 0 aliphatic rings. The molecular formula is C27H31N3O5S. The van der Waals surface area contributed by atoms with E-state index >= 15 is 0 Å². The Hall–Kier alpha value is -3.85. The van der Waals surface area contributed by atoms with Crippen molar-refractivity contribution < 1.29 is 22.7 Å². The first-order valence-electron chi connectivity index (χ1n) is 11.6. The lowest BCUT2D eigenvalue weighted by Crippen LogP contribution is -2.51. The summed E-state index contributed by atoms with van der Waals surface area (Å²) in [6.45, 7) is 3.56. The normalized spacial score (nSPS) is 11.9. The number of carbonyl (C=O) groups excluding carboxylic acids is 2. The van der Waals surface area contributed by atoms with Gasteiger partial charge in [-0.25, -0.2) is 8.42 Å². The molecule has 0 fully saturated rings. The van der Waals surface area contributed by atoms with Crippen molar-refractivity contribution in [3.63, 3.8) is 0 Å². The third kappa shape index (κ3) is 7.32. The van der Waals surface area contributed by atoms with E-state index < -0.39 is 28.5 Å². The Labute approximate surface area is 212 Å². The summed E-state index contributed by atoms with van der Waals surface area (Å²) >= 11 is 0. The van der Waals surface area contributed by atoms with E-state index in [1.54, 1.807) is 38.1 Å². The number of nitrogens with zero attached hydrogens (tertiary/aromatic N) is 2. The van der Waals surface area contributed by atoms with Crippen molar-refractivity contribution in [3.05, 3.63) is 90.5 Å². The van der Waals surface area contributed by atoms with Crippen molar-refractivity contribution in [3.8, 4) is 11.5 Å². The van der Waals surface area contributed by atoms with Gasteiger partial charge in [0.25, 0.3) is 0 Å². The second-order valence-electron chi connectivity index (χ2n) is 8.26. The fraction of sp³-hybridized carbons (Fsp3) is 0.259. The standard InChI is InChI=1S/C27H31N3O5S/c1-4-28-27(32)21(2)29(19-22-11-7-5-8-12-22)26(31)20-30(36(3,33)34)23-15-17-25(18-16-23)35-24-13-9-6-10-14-24/h5-18,21H,4,19-20H2,1-3H3,(H,28,32). The Kier molecular flexibility index (Phi) is 9.08. The molecule has 1 N–H and O–H groups in total. The number of likely N-dealkylation sites (N-methyl/N-ethyl adjacent to an activating group) is 1. The summed E-state index contributed by atoms with van der Waals surface area (Å²) in [5, 5.41) is 2.73. The molecule has 36 heavy (non-hydrogen) atoms. The predicted octanol–water partition coefficient (Wildman–Crippen LogP) is 3.80. The quantitative estimate of drug-likeness (QED) is 0.424. The Morgan fingerprint density at radius 2 is 1.44 bits per heavy atom. The lowest BCUT2D eigenvalue weighted by atomic mass is 10.1. The van der Waals surface area contributed by atoms with E-state index in [0.29, 0.717) is 23.7 Å². The fourth-order valence-electron chi connectivity index (χ4n) is 3.60. The highest BCUT2D eigenvalue weighted by Crippen LogP contribution is 2.26. The van der Waals surface area contributed by atoms with Crippen molar-refractivity contribution >= 4 is 27.5 Å². The average Bonchev–Trinajstić information content (AvgIpc) is 2.86. The predicted molar refractivity (Wildman–Crippen MR) is 140 cm³/mol. The van der Waals surface area contributed by atoms with Crippen LogP contribution in [0, 0.1) is 0 Å². The number of nitrogens with one attached hydrogen (secondary N) is 1. The summed E-state index contributed by atoms with van der Waals surface area (Å²) in [7, 11) is -3.80. The number of para-hydroxylation sites is 1. The average molecular weight is 510 g/mol. The van der Waals surface area contributed by atoms with Crippen LogP contribution < -0.4 is 14.4 Å². The second kappa shape index (κ2) is 12.2. The molecule has 3 rings (SSSR count). The van der Waals surface area contributed by atoms with Gasteiger partial charge in [-0.3, -0.25) is 13.9 Å². The van der Waals surface area contributed by atoms with Crippen LogP contribution in [0.2, 0.25) is 0 Å². The number of anilines is 1. The van der Waals surface area contributed by atoms with Gasteiger partial charge in [-0.2, -0.15) is 0 Å². The van der Waals surface area contributed by atoms with Gasteiger partial charge in [0.15, 0.2) is 0 Å². The van der Waals surface area contributed by atoms with E-state index in [4.69, 9.17) is 4.74 Å². The molecule has 0 heterocycles. The van der Waals surface area contributed by atoms with Crippen LogP contribution in [0.4, 0.5) is 5.69 Å². The van der Waals surface area contributed by atoms with Gasteiger partial charge in [0.1, 0.15) is 24.1 Å². The highest BCUT2D eigenvalue weighted by atomic mass is 32.2. The first-order valence-corrected chi connectivity index (χ1v) is 13.5. The van der Waals surface area contributed by atoms with Gasteiger partial charge >= 0.3 is 0 Å². The minimum atomic E-state index is -3.80. The molecule has 9 heteroatoms. The molecule has 190 valence electrons. The molecule has 0 aromatic heterocycles. The molecule has 0 bridgehead atoms. The van der Waals surface area contributed by atoms with Crippen LogP contribution in [0.5, 0.6) is 11.5 Å². The van der Waals surface area contributed by atoms with Crippen molar-refractivity contribution in [1.29, 1.82) is 0 Å². The number of amides is 2. The van der Waals surface area contributed by atoms with Crippen LogP contribution in [0.25, 0.3) is 0 Å². The van der Waals surface area contributed by atoms with Crippen LogP contribution in [0.15, 0.2) is 84.9 Å². The minimum Gasteiger partial charge on any atom is -0.457 e. The van der Waals surface area contributed by atoms with E-state index in [0.717, 1.165) is 16.1 Å². The Bertz CT molecular complexity index is 1250. The first kappa shape index (κ1) is 26.7. The third-order valence-corrected chi connectivity index (χ3v) is 6.64. The van der Waals surface area contributed by atoms with Crippen LogP contribution in [-0.2, 0) is 26.2 Å². The summed E-state index contributed by atoms with van der Waals surface area (Å²) < 4.78 is 32.2. The summed E-state index contributed by atoms with van der Waals surface area (Å²) in [6, 6.07) is 24.1. The third-order valence-electron chi connectivity index (χ3n) is 5.50. The fourth-order valence-corrected chi connectivity index (χ4v) is 4.45. The molecule has 0 spiro atoms. The lowest BCUT2D eigenvalue weighted by Gasteiger charge is -2.31. The minimum absolute atomic E-state index is 0.166. The lowest BCUT2D eigenvalue weighted by molar-refractivity contribution is -0.139. The number of benzene rings is 3. The zero-order chi connectivity index (χ0) is 26.1. The molecule has 0 saturated carbocycles. The number of hydrogen-bond donors (Lipinski definition) is 1. The zero-order valence-electron chi connectivity index (χ0n) is 20.6. The topological polar surface area (TPSA) is 96.0 Å². The van der Waals surface area contributed by atoms with E-state index in [2.05, 4.69) is 5.32 Å². The van der Waals surface area contributed by atoms with E-state index in [9.17, 15) is 18.0 Å². The van der Waals surface area contributed by atoms with Crippen LogP contribution >= 0.6 is 0 Å². The smallest absolute Gasteiger partial charge is 0.244 e. The molecule has 0 radical (unpaired) electrons. The molecule has 1 atom stereocenters. The van der Waals surface area contributed by atoms with Crippen molar-refractivity contribution in [2.24, 2.45) is 0 Å². The maximum Gasteiger partial charge on any atom is 0.244 e. The second-order valence-corrected chi connectivity index (χ2v) is 10.2. The number of hydrogen-bond acceptors (Lipinski definition) is 5. The Balaban J connectivity index is 1.84. The zero-order valence-corrected chi connectivity index (χ0v) is 21.4. The van der Waals surface area contributed by atoms with Gasteiger partial charge in [0.05, 0.1) is 11.9 Å². The monoisotopic (exact) mass is 509 g/mol. The van der Waals surface area contributed by atoms with Crippen LogP contribution in [-0.4, -0.2) is 50.5 Å². The summed E-state index contributed by atoms with van der Waals surface area (Å²) in [5.41, 5.74) is 1.15. The van der Waals surface area contributed by atoms with Crippen molar-refractivity contribution in [1.82, 2.24) is 10.2 Å². The van der Waals surface area contributed by atoms with Gasteiger partial charge in [-0.1, -0.05) is 48.5 Å². The maximum absolute atomic E-state index is 13.5. The van der Waals surface area contributed by atoms with Gasteiger partial charge in [0.2, 0.25) is 21.8 Å². The van der Waals surface area contributed by atoms with Crippen molar-refractivity contribution in [2.75, 3.05) is 23.7 Å². The summed E-state index contributed by atoms with van der Waals surface area (Å²) in [5.74, 6) is 0.374. The van der Waals surface area contributed by atoms with Gasteiger partial charge < -0.3 is 15.0 Å². The molecule has 3 aromatic rings. The molecule has 0 aliphatic carbocycles. The maximum atomic E-state index is 13.5. The molecule has 0 aliphatic heterocycles. The van der Waals surface area contributed by atoms with Gasteiger partial charge in [-0.15, -0.1) is 0 Å². The van der Waals surface area contributed by atoms with Crippen LogP contribution in [0.1, 0.15) is 19.4 Å². The highest BCUT2D eigenvalue weighted by molar-refractivity contribution is 7.92. The van der Waals surface area contributed by atoms with Gasteiger partial charge in [0, 0.05) is 13.1 Å². The number of ether oxygens (including phenoxy) is 1. The number of rotatable bonds is 11.